The molecule has 0 aromatic carbocycles. The number of nitrogens with zero attached hydrogens (tertiary/aromatic N) is 3. The lowest BCUT2D eigenvalue weighted by atomic mass is 9.89. The molecule has 0 radical (unpaired) electrons. The van der Waals surface area contributed by atoms with Gasteiger partial charge in [0.2, 0.25) is 0 Å². The second-order valence-electron chi connectivity index (χ2n) is 6.13. The molecule has 0 unspecified atom stereocenters. The molecule has 4 nitrogen and oxygen atoms in total. The molecule has 0 saturated heterocycles. The summed E-state index contributed by atoms with van der Waals surface area (Å²) in [5.41, 5.74) is 4.24. The largest absolute Gasteiger partial charge is 0.378 e. The first-order chi connectivity index (χ1) is 9.27. The van der Waals surface area contributed by atoms with Gasteiger partial charge < -0.3 is 5.32 Å². The molecule has 0 amide bonds. The maximum atomic E-state index is 6.10. The van der Waals surface area contributed by atoms with E-state index in [2.05, 4.69) is 36.2 Å². The first kappa shape index (κ1) is 14.9. The van der Waals surface area contributed by atoms with Gasteiger partial charge in [0.05, 0.1) is 11.4 Å². The van der Waals surface area contributed by atoms with Crippen LogP contribution in [0.3, 0.4) is 0 Å². The molecule has 0 aliphatic carbocycles. The predicted octanol–water partition coefficient (Wildman–Crippen LogP) is 3.69. The van der Waals surface area contributed by atoms with Crippen LogP contribution in [0.4, 0.5) is 5.69 Å². The zero-order valence-electron chi connectivity index (χ0n) is 12.7. The SMILES string of the molecule is Cc1cnc(Cl)c(NCc2cn(C)nc2C(C)(C)C)c1. The van der Waals surface area contributed by atoms with E-state index in [9.17, 15) is 0 Å². The van der Waals surface area contributed by atoms with Crippen molar-refractivity contribution in [1.29, 1.82) is 0 Å². The van der Waals surface area contributed by atoms with E-state index in [-0.39, 0.29) is 5.41 Å². The molecule has 2 rings (SSSR count). The summed E-state index contributed by atoms with van der Waals surface area (Å²) in [5, 5.41) is 8.41. The van der Waals surface area contributed by atoms with Gasteiger partial charge in [0, 0.05) is 37.0 Å². The van der Waals surface area contributed by atoms with E-state index in [0.717, 1.165) is 16.9 Å². The van der Waals surface area contributed by atoms with Crippen molar-refractivity contribution < 1.29 is 0 Å². The molecule has 5 heteroatoms. The van der Waals surface area contributed by atoms with Gasteiger partial charge in [-0.25, -0.2) is 4.98 Å². The van der Waals surface area contributed by atoms with E-state index in [1.54, 1.807) is 6.20 Å². The summed E-state index contributed by atoms with van der Waals surface area (Å²) in [5.74, 6) is 0. The topological polar surface area (TPSA) is 42.7 Å². The molecule has 2 aromatic rings. The van der Waals surface area contributed by atoms with E-state index >= 15 is 0 Å². The first-order valence-electron chi connectivity index (χ1n) is 6.66. The van der Waals surface area contributed by atoms with Crippen molar-refractivity contribution in [3.05, 3.63) is 40.4 Å². The molecule has 2 aromatic heterocycles. The van der Waals surface area contributed by atoms with E-state index in [1.807, 2.05) is 30.9 Å². The number of rotatable bonds is 3. The number of pyridine rings is 1. The van der Waals surface area contributed by atoms with Crippen molar-refractivity contribution in [2.45, 2.75) is 39.7 Å². The van der Waals surface area contributed by atoms with Gasteiger partial charge in [-0.1, -0.05) is 32.4 Å². The predicted molar refractivity (Wildman–Crippen MR) is 83.2 cm³/mol. The third kappa shape index (κ3) is 3.31. The highest BCUT2D eigenvalue weighted by Gasteiger charge is 2.21. The van der Waals surface area contributed by atoms with E-state index in [1.165, 1.54) is 5.56 Å². The number of hydrogen-bond donors (Lipinski definition) is 1. The quantitative estimate of drug-likeness (QED) is 0.878. The molecular formula is C15H21ClN4. The van der Waals surface area contributed by atoms with Gasteiger partial charge in [-0.2, -0.15) is 5.10 Å². The lowest BCUT2D eigenvalue weighted by molar-refractivity contribution is 0.549. The van der Waals surface area contributed by atoms with Crippen LogP contribution in [-0.4, -0.2) is 14.8 Å². The first-order valence-corrected chi connectivity index (χ1v) is 7.04. The van der Waals surface area contributed by atoms with Crippen molar-refractivity contribution >= 4 is 17.3 Å². The standard InChI is InChI=1S/C15H21ClN4/c1-10-6-12(14(16)18-7-10)17-8-11-9-20(5)19-13(11)15(2,3)4/h6-7,9,17H,8H2,1-5H3. The number of aryl methyl sites for hydroxylation is 2. The van der Waals surface area contributed by atoms with E-state index in [4.69, 9.17) is 11.6 Å². The van der Waals surface area contributed by atoms with E-state index in [0.29, 0.717) is 11.7 Å². The van der Waals surface area contributed by atoms with Crippen LogP contribution in [0.5, 0.6) is 0 Å². The summed E-state index contributed by atoms with van der Waals surface area (Å²) >= 11 is 6.10. The molecule has 0 aliphatic heterocycles. The summed E-state index contributed by atoms with van der Waals surface area (Å²) in [6.45, 7) is 9.19. The van der Waals surface area contributed by atoms with Crippen LogP contribution in [-0.2, 0) is 19.0 Å². The third-order valence-corrected chi connectivity index (χ3v) is 3.36. The van der Waals surface area contributed by atoms with Gasteiger partial charge in [-0.15, -0.1) is 0 Å². The fraction of sp³-hybridized carbons (Fsp3) is 0.467. The average molecular weight is 293 g/mol. The van der Waals surface area contributed by atoms with Crippen molar-refractivity contribution in [2.24, 2.45) is 7.05 Å². The molecule has 0 bridgehead atoms. The lowest BCUT2D eigenvalue weighted by Gasteiger charge is -2.18. The van der Waals surface area contributed by atoms with Gasteiger partial charge >= 0.3 is 0 Å². The van der Waals surface area contributed by atoms with Crippen LogP contribution in [0.25, 0.3) is 0 Å². The monoisotopic (exact) mass is 292 g/mol. The molecule has 0 spiro atoms. The Labute approximate surface area is 125 Å². The highest BCUT2D eigenvalue weighted by molar-refractivity contribution is 6.31. The fourth-order valence-electron chi connectivity index (χ4n) is 2.17. The number of halogens is 1. The third-order valence-electron chi connectivity index (χ3n) is 3.06. The van der Waals surface area contributed by atoms with Crippen LogP contribution in [0.15, 0.2) is 18.5 Å². The van der Waals surface area contributed by atoms with Crippen molar-refractivity contribution in [3.8, 4) is 0 Å². The second-order valence-corrected chi connectivity index (χ2v) is 6.49. The van der Waals surface area contributed by atoms with Crippen molar-refractivity contribution in [2.75, 3.05) is 5.32 Å². The van der Waals surface area contributed by atoms with Crippen LogP contribution in [0.2, 0.25) is 5.15 Å². The molecule has 20 heavy (non-hydrogen) atoms. The second kappa shape index (κ2) is 5.44. The molecule has 2 heterocycles. The number of anilines is 1. The zero-order chi connectivity index (χ0) is 14.9. The average Bonchev–Trinajstić information content (AvgIpc) is 2.72. The molecule has 1 N–H and O–H groups in total. The zero-order valence-corrected chi connectivity index (χ0v) is 13.4. The Hall–Kier alpha value is -1.55. The normalized spacial score (nSPS) is 11.7. The lowest BCUT2D eigenvalue weighted by Crippen LogP contribution is -2.16. The summed E-state index contributed by atoms with van der Waals surface area (Å²) < 4.78 is 1.85. The Balaban J connectivity index is 2.21. The Bertz CT molecular complexity index is 611. The summed E-state index contributed by atoms with van der Waals surface area (Å²) in [4.78, 5) is 4.15. The number of hydrogen-bond acceptors (Lipinski definition) is 3. The number of aromatic nitrogens is 3. The van der Waals surface area contributed by atoms with Gasteiger partial charge in [-0.3, -0.25) is 4.68 Å². The summed E-state index contributed by atoms with van der Waals surface area (Å²) in [6, 6.07) is 2.00. The summed E-state index contributed by atoms with van der Waals surface area (Å²) in [7, 11) is 1.94. The molecule has 0 aliphatic rings. The molecule has 0 fully saturated rings. The van der Waals surface area contributed by atoms with Gasteiger partial charge in [0.1, 0.15) is 0 Å². The van der Waals surface area contributed by atoms with Crippen LogP contribution < -0.4 is 5.32 Å². The Morgan fingerprint density at radius 3 is 2.70 bits per heavy atom. The maximum absolute atomic E-state index is 6.10. The minimum Gasteiger partial charge on any atom is -0.378 e. The van der Waals surface area contributed by atoms with Crippen LogP contribution in [0, 0.1) is 6.92 Å². The number of nitrogens with one attached hydrogen (secondary N) is 1. The molecule has 0 atom stereocenters. The van der Waals surface area contributed by atoms with E-state index < -0.39 is 0 Å². The maximum Gasteiger partial charge on any atom is 0.152 e. The Kier molecular flexibility index (Phi) is 4.04. The highest BCUT2D eigenvalue weighted by Crippen LogP contribution is 2.26. The summed E-state index contributed by atoms with van der Waals surface area (Å²) in [6.07, 6.45) is 3.81. The Morgan fingerprint density at radius 1 is 1.35 bits per heavy atom. The minimum atomic E-state index is 0.0208. The van der Waals surface area contributed by atoms with Gasteiger partial charge in [0.15, 0.2) is 5.15 Å². The van der Waals surface area contributed by atoms with Crippen molar-refractivity contribution in [3.63, 3.8) is 0 Å². The van der Waals surface area contributed by atoms with Crippen LogP contribution >= 0.6 is 11.6 Å². The molecule has 0 saturated carbocycles. The molecular weight excluding hydrogens is 272 g/mol. The van der Waals surface area contributed by atoms with Crippen molar-refractivity contribution in [1.82, 2.24) is 14.8 Å². The van der Waals surface area contributed by atoms with Crippen LogP contribution in [0.1, 0.15) is 37.6 Å². The van der Waals surface area contributed by atoms with Gasteiger partial charge in [-0.05, 0) is 18.6 Å². The smallest absolute Gasteiger partial charge is 0.152 e. The Morgan fingerprint density at radius 2 is 2.05 bits per heavy atom. The van der Waals surface area contributed by atoms with Gasteiger partial charge in [0.25, 0.3) is 0 Å². The minimum absolute atomic E-state index is 0.0208. The molecule has 108 valence electrons. The fourth-order valence-corrected chi connectivity index (χ4v) is 2.34. The highest BCUT2D eigenvalue weighted by atomic mass is 35.5.